The molecule has 0 aliphatic carbocycles. The zero-order valence-electron chi connectivity index (χ0n) is 9.69. The number of imidazole rings is 1. The van der Waals surface area contributed by atoms with Gasteiger partial charge in [0.05, 0.1) is 11.7 Å². The van der Waals surface area contributed by atoms with Gasteiger partial charge in [0.1, 0.15) is 11.5 Å². The normalized spacial score (nSPS) is 11.3. The van der Waals surface area contributed by atoms with Crippen LogP contribution in [0.5, 0.6) is 0 Å². The third kappa shape index (κ3) is 1.64. The summed E-state index contributed by atoms with van der Waals surface area (Å²) in [7, 11) is 0. The van der Waals surface area contributed by atoms with E-state index in [1.807, 2.05) is 59.1 Å². The summed E-state index contributed by atoms with van der Waals surface area (Å²) in [5.74, 6) is 6.11. The summed E-state index contributed by atoms with van der Waals surface area (Å²) in [6.07, 6.45) is 3.56. The lowest BCUT2D eigenvalue weighted by Gasteiger charge is -1.99. The minimum atomic E-state index is 0.775. The standard InChI is InChI=1S/C14H12N4/c15-16-10-12-13-8-4-5-9-18(13)14(17-12)11-6-2-1-3-7-11/h1-10H,15H2/b16-10+. The molecule has 0 aliphatic rings. The maximum Gasteiger partial charge on any atom is 0.145 e. The average Bonchev–Trinajstić information content (AvgIpc) is 2.80. The van der Waals surface area contributed by atoms with Crippen molar-refractivity contribution in [1.82, 2.24) is 9.38 Å². The van der Waals surface area contributed by atoms with Crippen molar-refractivity contribution < 1.29 is 0 Å². The molecular formula is C14H12N4. The van der Waals surface area contributed by atoms with E-state index in [-0.39, 0.29) is 0 Å². The van der Waals surface area contributed by atoms with Gasteiger partial charge in [0.2, 0.25) is 0 Å². The first kappa shape index (κ1) is 10.5. The van der Waals surface area contributed by atoms with Crippen LogP contribution in [0.3, 0.4) is 0 Å². The summed E-state index contributed by atoms with van der Waals surface area (Å²) in [6.45, 7) is 0. The van der Waals surface area contributed by atoms with E-state index >= 15 is 0 Å². The number of hydrogen-bond acceptors (Lipinski definition) is 3. The predicted molar refractivity (Wildman–Crippen MR) is 72.4 cm³/mol. The van der Waals surface area contributed by atoms with Crippen molar-refractivity contribution in [2.45, 2.75) is 0 Å². The number of nitrogens with two attached hydrogens (primary N) is 1. The number of nitrogens with zero attached hydrogens (tertiary/aromatic N) is 3. The Bertz CT molecular complexity index is 698. The molecule has 4 nitrogen and oxygen atoms in total. The van der Waals surface area contributed by atoms with Crippen molar-refractivity contribution >= 4 is 11.7 Å². The van der Waals surface area contributed by atoms with Crippen molar-refractivity contribution in [3.63, 3.8) is 0 Å². The monoisotopic (exact) mass is 236 g/mol. The minimum Gasteiger partial charge on any atom is -0.323 e. The van der Waals surface area contributed by atoms with Gasteiger partial charge in [-0.15, -0.1) is 0 Å². The molecule has 1 aromatic carbocycles. The van der Waals surface area contributed by atoms with Gasteiger partial charge in [0.15, 0.2) is 0 Å². The average molecular weight is 236 g/mol. The van der Waals surface area contributed by atoms with Crippen LogP contribution in [0.4, 0.5) is 0 Å². The predicted octanol–water partition coefficient (Wildman–Crippen LogP) is 2.29. The zero-order chi connectivity index (χ0) is 12.4. The van der Waals surface area contributed by atoms with Crippen LogP contribution in [0.1, 0.15) is 5.69 Å². The van der Waals surface area contributed by atoms with Crippen molar-refractivity contribution in [3.05, 3.63) is 60.4 Å². The van der Waals surface area contributed by atoms with Gasteiger partial charge in [-0.05, 0) is 12.1 Å². The second-order valence-electron chi connectivity index (χ2n) is 3.92. The van der Waals surface area contributed by atoms with E-state index in [1.165, 1.54) is 0 Å². The van der Waals surface area contributed by atoms with Gasteiger partial charge in [0, 0.05) is 11.8 Å². The van der Waals surface area contributed by atoms with E-state index < -0.39 is 0 Å². The van der Waals surface area contributed by atoms with Gasteiger partial charge in [-0.3, -0.25) is 4.40 Å². The minimum absolute atomic E-state index is 0.775. The fourth-order valence-corrected chi connectivity index (χ4v) is 2.02. The molecule has 0 amide bonds. The van der Waals surface area contributed by atoms with Crippen LogP contribution in [0.25, 0.3) is 16.9 Å². The maximum absolute atomic E-state index is 5.22. The number of benzene rings is 1. The molecular weight excluding hydrogens is 224 g/mol. The number of pyridine rings is 1. The molecule has 0 saturated carbocycles. The highest BCUT2D eigenvalue weighted by molar-refractivity contribution is 5.88. The van der Waals surface area contributed by atoms with Crippen LogP contribution in [-0.2, 0) is 0 Å². The van der Waals surface area contributed by atoms with Gasteiger partial charge in [-0.2, -0.15) is 5.10 Å². The quantitative estimate of drug-likeness (QED) is 0.421. The van der Waals surface area contributed by atoms with Gasteiger partial charge < -0.3 is 5.84 Å². The molecule has 0 atom stereocenters. The highest BCUT2D eigenvalue weighted by Crippen LogP contribution is 2.21. The second kappa shape index (κ2) is 4.33. The number of aromatic nitrogens is 2. The van der Waals surface area contributed by atoms with E-state index in [0.717, 1.165) is 22.6 Å². The molecule has 0 saturated heterocycles. The molecule has 0 spiro atoms. The van der Waals surface area contributed by atoms with Crippen molar-refractivity contribution in [3.8, 4) is 11.4 Å². The Hall–Kier alpha value is -2.62. The first-order valence-corrected chi connectivity index (χ1v) is 5.66. The molecule has 2 heterocycles. The molecule has 18 heavy (non-hydrogen) atoms. The fraction of sp³-hybridized carbons (Fsp3) is 0. The molecule has 3 aromatic rings. The van der Waals surface area contributed by atoms with Crippen LogP contribution >= 0.6 is 0 Å². The van der Waals surface area contributed by atoms with Crippen molar-refractivity contribution in [1.29, 1.82) is 0 Å². The highest BCUT2D eigenvalue weighted by Gasteiger charge is 2.10. The summed E-state index contributed by atoms with van der Waals surface area (Å²) >= 11 is 0. The van der Waals surface area contributed by atoms with Crippen LogP contribution < -0.4 is 5.84 Å². The van der Waals surface area contributed by atoms with Crippen LogP contribution in [0, 0.1) is 0 Å². The summed E-state index contributed by atoms with van der Waals surface area (Å²) < 4.78 is 2.03. The number of hydrogen-bond donors (Lipinski definition) is 1. The largest absolute Gasteiger partial charge is 0.323 e. The lowest BCUT2D eigenvalue weighted by Crippen LogP contribution is -1.87. The Kier molecular flexibility index (Phi) is 2.53. The molecule has 0 aliphatic heterocycles. The fourth-order valence-electron chi connectivity index (χ4n) is 2.02. The van der Waals surface area contributed by atoms with E-state index in [9.17, 15) is 0 Å². The molecule has 0 fully saturated rings. The summed E-state index contributed by atoms with van der Waals surface area (Å²) in [6, 6.07) is 16.0. The topological polar surface area (TPSA) is 55.7 Å². The third-order valence-corrected chi connectivity index (χ3v) is 2.81. The van der Waals surface area contributed by atoms with Gasteiger partial charge >= 0.3 is 0 Å². The van der Waals surface area contributed by atoms with Crippen LogP contribution in [-0.4, -0.2) is 15.6 Å². The van der Waals surface area contributed by atoms with E-state index in [2.05, 4.69) is 10.1 Å². The highest BCUT2D eigenvalue weighted by atomic mass is 15.1. The van der Waals surface area contributed by atoms with Gasteiger partial charge in [-0.1, -0.05) is 36.4 Å². The van der Waals surface area contributed by atoms with E-state index in [1.54, 1.807) is 6.21 Å². The van der Waals surface area contributed by atoms with E-state index in [4.69, 9.17) is 5.84 Å². The molecule has 0 unspecified atom stereocenters. The third-order valence-electron chi connectivity index (χ3n) is 2.81. The lowest BCUT2D eigenvalue weighted by molar-refractivity contribution is 1.16. The first-order chi connectivity index (χ1) is 8.90. The van der Waals surface area contributed by atoms with Crippen molar-refractivity contribution in [2.24, 2.45) is 10.9 Å². The Labute approximate surface area is 104 Å². The molecule has 2 aromatic heterocycles. The Morgan fingerprint density at radius 1 is 1.06 bits per heavy atom. The maximum atomic E-state index is 5.22. The molecule has 88 valence electrons. The van der Waals surface area contributed by atoms with E-state index in [0.29, 0.717) is 0 Å². The Balaban J connectivity index is 2.30. The number of fused-ring (bicyclic) bond motifs is 1. The van der Waals surface area contributed by atoms with Gasteiger partial charge in [-0.25, -0.2) is 4.98 Å². The number of rotatable bonds is 2. The second-order valence-corrected chi connectivity index (χ2v) is 3.92. The molecule has 0 radical (unpaired) electrons. The first-order valence-electron chi connectivity index (χ1n) is 5.66. The molecule has 0 bridgehead atoms. The summed E-state index contributed by atoms with van der Waals surface area (Å²) in [4.78, 5) is 4.58. The number of hydrazone groups is 1. The van der Waals surface area contributed by atoms with Crippen LogP contribution in [0.2, 0.25) is 0 Å². The summed E-state index contributed by atoms with van der Waals surface area (Å²) in [5, 5.41) is 3.56. The lowest BCUT2D eigenvalue weighted by atomic mass is 10.2. The smallest absolute Gasteiger partial charge is 0.145 e. The zero-order valence-corrected chi connectivity index (χ0v) is 9.69. The molecule has 3 rings (SSSR count). The van der Waals surface area contributed by atoms with Crippen molar-refractivity contribution in [2.75, 3.05) is 0 Å². The van der Waals surface area contributed by atoms with Gasteiger partial charge in [0.25, 0.3) is 0 Å². The summed E-state index contributed by atoms with van der Waals surface area (Å²) in [5.41, 5.74) is 2.83. The van der Waals surface area contributed by atoms with Crippen LogP contribution in [0.15, 0.2) is 59.8 Å². The molecule has 4 heteroatoms. The Morgan fingerprint density at radius 3 is 2.61 bits per heavy atom. The Morgan fingerprint density at radius 2 is 1.83 bits per heavy atom. The molecule has 2 N–H and O–H groups in total. The SMILES string of the molecule is N/N=C/c1nc(-c2ccccc2)n2ccccc12.